The van der Waals surface area contributed by atoms with E-state index in [0.717, 1.165) is 32.1 Å². The van der Waals surface area contributed by atoms with Crippen LogP contribution >= 0.6 is 11.8 Å². The molecule has 100 valence electrons. The van der Waals surface area contributed by atoms with Crippen LogP contribution < -0.4 is 10.1 Å². The van der Waals surface area contributed by atoms with Crippen molar-refractivity contribution in [1.82, 2.24) is 5.32 Å². The van der Waals surface area contributed by atoms with Gasteiger partial charge in [-0.1, -0.05) is 12.1 Å². The minimum absolute atomic E-state index is 0.684. The second-order valence-corrected chi connectivity index (χ2v) is 5.28. The first-order valence-electron chi connectivity index (χ1n) is 6.44. The molecule has 1 saturated heterocycles. The first kappa shape index (κ1) is 13.7. The van der Waals surface area contributed by atoms with Gasteiger partial charge in [-0.3, -0.25) is 0 Å². The molecular weight excluding hydrogens is 246 g/mol. The number of rotatable bonds is 7. The van der Waals surface area contributed by atoms with Crippen molar-refractivity contribution in [3.05, 3.63) is 24.3 Å². The van der Waals surface area contributed by atoms with Crippen LogP contribution in [0.25, 0.3) is 0 Å². The van der Waals surface area contributed by atoms with Crippen molar-refractivity contribution in [2.75, 3.05) is 39.2 Å². The Morgan fingerprint density at radius 3 is 3.11 bits per heavy atom. The summed E-state index contributed by atoms with van der Waals surface area (Å²) in [7, 11) is 0. The van der Waals surface area contributed by atoms with E-state index < -0.39 is 0 Å². The summed E-state index contributed by atoms with van der Waals surface area (Å²) in [5.41, 5.74) is 0. The lowest BCUT2D eigenvalue weighted by Crippen LogP contribution is -2.27. The van der Waals surface area contributed by atoms with E-state index in [1.54, 1.807) is 11.8 Å². The smallest absolute Gasteiger partial charge is 0.132 e. The predicted molar refractivity (Wildman–Crippen MR) is 75.5 cm³/mol. The Kier molecular flexibility index (Phi) is 5.84. The molecule has 0 aliphatic carbocycles. The third-order valence-electron chi connectivity index (χ3n) is 3.06. The van der Waals surface area contributed by atoms with Crippen molar-refractivity contribution >= 4 is 11.8 Å². The molecule has 1 aromatic carbocycles. The third kappa shape index (κ3) is 4.19. The van der Waals surface area contributed by atoms with Crippen molar-refractivity contribution in [1.29, 1.82) is 0 Å². The lowest BCUT2D eigenvalue weighted by Gasteiger charge is -2.12. The summed E-state index contributed by atoms with van der Waals surface area (Å²) in [4.78, 5) is 1.20. The highest BCUT2D eigenvalue weighted by molar-refractivity contribution is 7.98. The summed E-state index contributed by atoms with van der Waals surface area (Å²) in [6.45, 7) is 4.46. The molecule has 1 unspecified atom stereocenters. The van der Waals surface area contributed by atoms with Crippen molar-refractivity contribution in [2.24, 2.45) is 5.92 Å². The van der Waals surface area contributed by atoms with Crippen LogP contribution in [0.2, 0.25) is 0 Å². The second-order valence-electron chi connectivity index (χ2n) is 4.43. The zero-order chi connectivity index (χ0) is 12.6. The lowest BCUT2D eigenvalue weighted by atomic mass is 10.1. The molecule has 4 heteroatoms. The molecule has 0 amide bonds. The van der Waals surface area contributed by atoms with Crippen LogP contribution in [0.3, 0.4) is 0 Å². The maximum atomic E-state index is 5.78. The number of thioether (sulfide) groups is 1. The third-order valence-corrected chi connectivity index (χ3v) is 3.84. The molecule has 1 aliphatic rings. The fourth-order valence-electron chi connectivity index (χ4n) is 2.02. The van der Waals surface area contributed by atoms with Gasteiger partial charge in [-0.25, -0.2) is 0 Å². The number of hydrogen-bond donors (Lipinski definition) is 1. The van der Waals surface area contributed by atoms with E-state index in [1.165, 1.54) is 11.3 Å². The predicted octanol–water partition coefficient (Wildman–Crippen LogP) is 2.41. The molecule has 0 aromatic heterocycles. The summed E-state index contributed by atoms with van der Waals surface area (Å²) < 4.78 is 11.1. The first-order valence-corrected chi connectivity index (χ1v) is 7.67. The molecular formula is C14H21NO2S. The van der Waals surface area contributed by atoms with E-state index in [2.05, 4.69) is 17.6 Å². The Morgan fingerprint density at radius 1 is 1.44 bits per heavy atom. The number of hydrogen-bond acceptors (Lipinski definition) is 4. The Labute approximate surface area is 113 Å². The monoisotopic (exact) mass is 267 g/mol. The minimum Gasteiger partial charge on any atom is -0.491 e. The molecule has 2 rings (SSSR count). The topological polar surface area (TPSA) is 30.5 Å². The van der Waals surface area contributed by atoms with E-state index in [4.69, 9.17) is 9.47 Å². The Hall–Kier alpha value is -0.710. The maximum Gasteiger partial charge on any atom is 0.132 e. The van der Waals surface area contributed by atoms with Gasteiger partial charge in [0.05, 0.1) is 6.61 Å². The van der Waals surface area contributed by atoms with Gasteiger partial charge in [0, 0.05) is 24.6 Å². The summed E-state index contributed by atoms with van der Waals surface area (Å²) in [5.74, 6) is 1.67. The van der Waals surface area contributed by atoms with Crippen LogP contribution in [0.1, 0.15) is 6.42 Å². The highest BCUT2D eigenvalue weighted by Crippen LogP contribution is 2.26. The molecule has 0 bridgehead atoms. The van der Waals surface area contributed by atoms with Crippen molar-refractivity contribution < 1.29 is 9.47 Å². The van der Waals surface area contributed by atoms with E-state index in [1.807, 2.05) is 18.2 Å². The first-order chi connectivity index (χ1) is 8.90. The molecule has 18 heavy (non-hydrogen) atoms. The maximum absolute atomic E-state index is 5.78. The lowest BCUT2D eigenvalue weighted by molar-refractivity contribution is 0.185. The average Bonchev–Trinajstić information content (AvgIpc) is 2.92. The summed E-state index contributed by atoms with van der Waals surface area (Å²) >= 11 is 1.72. The highest BCUT2D eigenvalue weighted by atomic mass is 32.2. The van der Waals surface area contributed by atoms with E-state index >= 15 is 0 Å². The van der Waals surface area contributed by atoms with Crippen molar-refractivity contribution in [3.8, 4) is 5.75 Å². The van der Waals surface area contributed by atoms with Crippen LogP contribution in [-0.4, -0.2) is 39.2 Å². The molecule has 0 radical (unpaired) electrons. The second kappa shape index (κ2) is 7.67. The standard InChI is InChI=1S/C14H21NO2S/c1-18-14-5-3-2-4-13(14)17-9-7-15-10-12-6-8-16-11-12/h2-5,12,15H,6-11H2,1H3. The van der Waals surface area contributed by atoms with Crippen molar-refractivity contribution in [3.63, 3.8) is 0 Å². The van der Waals surface area contributed by atoms with Crippen LogP contribution in [-0.2, 0) is 4.74 Å². The van der Waals surface area contributed by atoms with Gasteiger partial charge in [0.2, 0.25) is 0 Å². The van der Waals surface area contributed by atoms with Gasteiger partial charge in [-0.05, 0) is 30.7 Å². The van der Waals surface area contributed by atoms with E-state index in [0.29, 0.717) is 12.5 Å². The quantitative estimate of drug-likeness (QED) is 0.607. The molecule has 1 aromatic rings. The van der Waals surface area contributed by atoms with Gasteiger partial charge in [0.15, 0.2) is 0 Å². The molecule has 3 nitrogen and oxygen atoms in total. The van der Waals surface area contributed by atoms with Crippen LogP contribution in [0, 0.1) is 5.92 Å². The average molecular weight is 267 g/mol. The molecule has 1 N–H and O–H groups in total. The van der Waals surface area contributed by atoms with Crippen LogP contribution in [0.4, 0.5) is 0 Å². The SMILES string of the molecule is CSc1ccccc1OCCNCC1CCOC1. The van der Waals surface area contributed by atoms with Gasteiger partial charge in [-0.2, -0.15) is 0 Å². The fraction of sp³-hybridized carbons (Fsp3) is 0.571. The summed E-state index contributed by atoms with van der Waals surface area (Å²) in [5, 5.41) is 3.42. The molecule has 0 saturated carbocycles. The van der Waals surface area contributed by atoms with E-state index in [9.17, 15) is 0 Å². The summed E-state index contributed by atoms with van der Waals surface area (Å²) in [6.07, 6.45) is 3.25. The van der Waals surface area contributed by atoms with Crippen LogP contribution in [0.5, 0.6) is 5.75 Å². The number of nitrogens with one attached hydrogen (secondary N) is 1. The summed E-state index contributed by atoms with van der Waals surface area (Å²) in [6, 6.07) is 8.16. The molecule has 1 fully saturated rings. The zero-order valence-corrected chi connectivity index (χ0v) is 11.7. The van der Waals surface area contributed by atoms with Gasteiger partial charge >= 0.3 is 0 Å². The molecule has 0 spiro atoms. The number of ether oxygens (including phenoxy) is 2. The van der Waals surface area contributed by atoms with Gasteiger partial charge in [-0.15, -0.1) is 11.8 Å². The Balaban J connectivity index is 1.62. The van der Waals surface area contributed by atoms with Gasteiger partial charge in [0.25, 0.3) is 0 Å². The number of para-hydroxylation sites is 1. The molecule has 1 atom stereocenters. The van der Waals surface area contributed by atoms with Crippen LogP contribution in [0.15, 0.2) is 29.2 Å². The van der Waals surface area contributed by atoms with Gasteiger partial charge < -0.3 is 14.8 Å². The van der Waals surface area contributed by atoms with E-state index in [-0.39, 0.29) is 0 Å². The molecule has 1 aliphatic heterocycles. The molecule has 1 heterocycles. The normalized spacial score (nSPS) is 19.1. The zero-order valence-electron chi connectivity index (χ0n) is 10.9. The minimum atomic E-state index is 0.684. The Bertz CT molecular complexity index is 353. The largest absolute Gasteiger partial charge is 0.491 e. The van der Waals surface area contributed by atoms with Crippen molar-refractivity contribution in [2.45, 2.75) is 11.3 Å². The van der Waals surface area contributed by atoms with Gasteiger partial charge in [0.1, 0.15) is 12.4 Å². The number of benzene rings is 1. The highest BCUT2D eigenvalue weighted by Gasteiger charge is 2.14. The Morgan fingerprint density at radius 2 is 2.33 bits per heavy atom. The fourth-order valence-corrected chi connectivity index (χ4v) is 2.56.